The van der Waals surface area contributed by atoms with Crippen LogP contribution in [0.25, 0.3) is 0 Å². The Kier molecular flexibility index (Phi) is 5.49. The van der Waals surface area contributed by atoms with E-state index in [0.717, 1.165) is 18.4 Å². The topological polar surface area (TPSA) is 80.3 Å². The third kappa shape index (κ3) is 4.62. The third-order valence-corrected chi connectivity index (χ3v) is 3.25. The van der Waals surface area contributed by atoms with E-state index in [2.05, 4.69) is 15.6 Å². The number of rotatable bonds is 5. The summed E-state index contributed by atoms with van der Waals surface area (Å²) in [6.07, 6.45) is 4.80. The Morgan fingerprint density at radius 1 is 1.20 bits per heavy atom. The van der Waals surface area contributed by atoms with Crippen molar-refractivity contribution >= 4 is 11.8 Å². The van der Waals surface area contributed by atoms with Crippen molar-refractivity contribution in [3.05, 3.63) is 30.1 Å². The first-order valence-electron chi connectivity index (χ1n) is 6.77. The molecule has 2 heterocycles. The molecule has 2 N–H and O–H groups in total. The fourth-order valence-corrected chi connectivity index (χ4v) is 2.04. The van der Waals surface area contributed by atoms with E-state index in [0.29, 0.717) is 19.8 Å². The molecule has 1 aliphatic rings. The molecule has 1 saturated heterocycles. The number of ether oxygens (including phenoxy) is 1. The Morgan fingerprint density at radius 2 is 1.90 bits per heavy atom. The minimum absolute atomic E-state index is 0.0152. The lowest BCUT2D eigenvalue weighted by Gasteiger charge is -2.21. The smallest absolute Gasteiger partial charge is 0.239 e. The average Bonchev–Trinajstić information content (AvgIpc) is 2.52. The van der Waals surface area contributed by atoms with Gasteiger partial charge in [-0.3, -0.25) is 14.6 Å². The van der Waals surface area contributed by atoms with Crippen LogP contribution in [0.2, 0.25) is 0 Å². The van der Waals surface area contributed by atoms with Crippen molar-refractivity contribution in [1.29, 1.82) is 0 Å². The fraction of sp³-hybridized carbons (Fsp3) is 0.500. The van der Waals surface area contributed by atoms with Crippen LogP contribution in [0.1, 0.15) is 18.4 Å². The molecular formula is C14H19N3O3. The summed E-state index contributed by atoms with van der Waals surface area (Å²) in [7, 11) is 0. The highest BCUT2D eigenvalue weighted by Crippen LogP contribution is 2.14. The lowest BCUT2D eigenvalue weighted by molar-refractivity contribution is -0.130. The highest BCUT2D eigenvalue weighted by atomic mass is 16.5. The molecule has 20 heavy (non-hydrogen) atoms. The van der Waals surface area contributed by atoms with Crippen LogP contribution in [0, 0.1) is 5.92 Å². The van der Waals surface area contributed by atoms with Crippen LogP contribution in [-0.2, 0) is 20.9 Å². The zero-order valence-corrected chi connectivity index (χ0v) is 11.3. The number of hydrogen-bond donors (Lipinski definition) is 2. The second kappa shape index (κ2) is 7.59. The Bertz CT molecular complexity index is 444. The molecule has 0 unspecified atom stereocenters. The number of nitrogens with one attached hydrogen (secondary N) is 2. The van der Waals surface area contributed by atoms with Gasteiger partial charge in [-0.25, -0.2) is 0 Å². The van der Waals surface area contributed by atoms with E-state index in [1.807, 2.05) is 12.1 Å². The van der Waals surface area contributed by atoms with Crippen LogP contribution in [-0.4, -0.2) is 36.6 Å². The second-order valence-electron chi connectivity index (χ2n) is 4.74. The van der Waals surface area contributed by atoms with Gasteiger partial charge in [-0.15, -0.1) is 0 Å². The van der Waals surface area contributed by atoms with Gasteiger partial charge in [0.15, 0.2) is 0 Å². The predicted octanol–water partition coefficient (Wildman–Crippen LogP) is 0.241. The molecule has 0 saturated carbocycles. The van der Waals surface area contributed by atoms with Gasteiger partial charge in [-0.2, -0.15) is 0 Å². The summed E-state index contributed by atoms with van der Waals surface area (Å²) in [6, 6.07) is 3.67. The molecule has 0 spiro atoms. The molecule has 2 amide bonds. The molecule has 6 nitrogen and oxygen atoms in total. The van der Waals surface area contributed by atoms with E-state index in [-0.39, 0.29) is 24.3 Å². The van der Waals surface area contributed by atoms with Gasteiger partial charge in [0.25, 0.3) is 0 Å². The summed E-state index contributed by atoms with van der Waals surface area (Å²) in [5.41, 5.74) is 0.976. The molecule has 0 atom stereocenters. The highest BCUT2D eigenvalue weighted by molar-refractivity contribution is 5.85. The van der Waals surface area contributed by atoms with Crippen molar-refractivity contribution in [2.45, 2.75) is 19.4 Å². The van der Waals surface area contributed by atoms with E-state index in [1.54, 1.807) is 12.4 Å². The number of hydrogen-bond acceptors (Lipinski definition) is 4. The lowest BCUT2D eigenvalue weighted by Crippen LogP contribution is -2.40. The lowest BCUT2D eigenvalue weighted by atomic mass is 9.99. The Hall–Kier alpha value is -1.95. The molecule has 1 aromatic heterocycles. The largest absolute Gasteiger partial charge is 0.381 e. The Labute approximate surface area is 117 Å². The Balaban J connectivity index is 1.65. The SMILES string of the molecule is O=C(CNC(=O)C1CCOCC1)NCc1ccncc1. The second-order valence-corrected chi connectivity index (χ2v) is 4.74. The van der Waals surface area contributed by atoms with Crippen molar-refractivity contribution < 1.29 is 14.3 Å². The van der Waals surface area contributed by atoms with E-state index >= 15 is 0 Å². The molecule has 0 aliphatic carbocycles. The summed E-state index contributed by atoms with van der Waals surface area (Å²) in [5, 5.41) is 5.42. The molecule has 1 aliphatic heterocycles. The molecule has 6 heteroatoms. The summed E-state index contributed by atoms with van der Waals surface area (Å²) >= 11 is 0. The standard InChI is InChI=1S/C14H19N3O3/c18-13(16-9-11-1-5-15-6-2-11)10-17-14(19)12-3-7-20-8-4-12/h1-2,5-6,12H,3-4,7-10H2,(H,16,18)(H,17,19). The van der Waals surface area contributed by atoms with Crippen LogP contribution >= 0.6 is 0 Å². The Morgan fingerprint density at radius 3 is 2.60 bits per heavy atom. The normalized spacial score (nSPS) is 15.6. The van der Waals surface area contributed by atoms with Crippen LogP contribution in [0.4, 0.5) is 0 Å². The molecule has 1 fully saturated rings. The minimum atomic E-state index is -0.192. The minimum Gasteiger partial charge on any atom is -0.381 e. The molecule has 0 aromatic carbocycles. The maximum atomic E-state index is 11.8. The van der Waals surface area contributed by atoms with Gasteiger partial charge in [0.1, 0.15) is 0 Å². The van der Waals surface area contributed by atoms with Crippen molar-refractivity contribution in [1.82, 2.24) is 15.6 Å². The average molecular weight is 277 g/mol. The zero-order chi connectivity index (χ0) is 14.2. The van der Waals surface area contributed by atoms with Gasteiger partial charge < -0.3 is 15.4 Å². The van der Waals surface area contributed by atoms with Crippen LogP contribution in [0.15, 0.2) is 24.5 Å². The number of amides is 2. The van der Waals surface area contributed by atoms with Crippen LogP contribution in [0.5, 0.6) is 0 Å². The molecule has 2 rings (SSSR count). The summed E-state index contributed by atoms with van der Waals surface area (Å²) < 4.78 is 5.20. The van der Waals surface area contributed by atoms with Crippen molar-refractivity contribution in [3.8, 4) is 0 Å². The van der Waals surface area contributed by atoms with Crippen LogP contribution < -0.4 is 10.6 Å². The van der Waals surface area contributed by atoms with Gasteiger partial charge in [-0.1, -0.05) is 0 Å². The van der Waals surface area contributed by atoms with Gasteiger partial charge in [-0.05, 0) is 30.5 Å². The summed E-state index contributed by atoms with van der Waals surface area (Å²) in [5.74, 6) is -0.286. The zero-order valence-electron chi connectivity index (χ0n) is 11.3. The van der Waals surface area contributed by atoms with Crippen molar-refractivity contribution in [3.63, 3.8) is 0 Å². The third-order valence-electron chi connectivity index (χ3n) is 3.25. The summed E-state index contributed by atoms with van der Waals surface area (Å²) in [4.78, 5) is 27.4. The first-order valence-corrected chi connectivity index (χ1v) is 6.77. The van der Waals surface area contributed by atoms with Gasteiger partial charge in [0.2, 0.25) is 11.8 Å². The maximum absolute atomic E-state index is 11.8. The molecular weight excluding hydrogens is 258 g/mol. The fourth-order valence-electron chi connectivity index (χ4n) is 2.04. The van der Waals surface area contributed by atoms with Gasteiger partial charge in [0, 0.05) is 38.1 Å². The highest BCUT2D eigenvalue weighted by Gasteiger charge is 2.21. The van der Waals surface area contributed by atoms with E-state index < -0.39 is 0 Å². The number of carbonyl (C=O) groups excluding carboxylic acids is 2. The number of carbonyl (C=O) groups is 2. The first-order chi connectivity index (χ1) is 9.75. The van der Waals surface area contributed by atoms with E-state index in [9.17, 15) is 9.59 Å². The number of nitrogens with zero attached hydrogens (tertiary/aromatic N) is 1. The number of aromatic nitrogens is 1. The first kappa shape index (κ1) is 14.5. The molecule has 108 valence electrons. The monoisotopic (exact) mass is 277 g/mol. The van der Waals surface area contributed by atoms with E-state index in [4.69, 9.17) is 4.74 Å². The van der Waals surface area contributed by atoms with Crippen molar-refractivity contribution in [2.24, 2.45) is 5.92 Å². The maximum Gasteiger partial charge on any atom is 0.239 e. The molecule has 0 radical (unpaired) electrons. The predicted molar refractivity (Wildman–Crippen MR) is 72.6 cm³/mol. The quantitative estimate of drug-likeness (QED) is 0.808. The van der Waals surface area contributed by atoms with Gasteiger partial charge >= 0.3 is 0 Å². The van der Waals surface area contributed by atoms with E-state index in [1.165, 1.54) is 0 Å². The van der Waals surface area contributed by atoms with Gasteiger partial charge in [0.05, 0.1) is 6.54 Å². The van der Waals surface area contributed by atoms with Crippen molar-refractivity contribution in [2.75, 3.05) is 19.8 Å². The number of pyridine rings is 1. The van der Waals surface area contributed by atoms with Crippen LogP contribution in [0.3, 0.4) is 0 Å². The molecule has 0 bridgehead atoms. The molecule has 1 aromatic rings. The summed E-state index contributed by atoms with van der Waals surface area (Å²) in [6.45, 7) is 1.69.